The number of carbonyl (C=O) groups is 2. The van der Waals surface area contributed by atoms with Crippen molar-refractivity contribution >= 4 is 23.2 Å². The first-order valence-corrected chi connectivity index (χ1v) is 7.36. The van der Waals surface area contributed by atoms with E-state index in [-0.39, 0.29) is 18.2 Å². The predicted molar refractivity (Wildman–Crippen MR) is 86.9 cm³/mol. The molecule has 2 amide bonds. The Morgan fingerprint density at radius 3 is 2.91 bits per heavy atom. The molecule has 1 heterocycles. The summed E-state index contributed by atoms with van der Waals surface area (Å²) in [7, 11) is 0. The van der Waals surface area contributed by atoms with Crippen molar-refractivity contribution in [1.29, 1.82) is 5.26 Å². The number of anilines is 2. The summed E-state index contributed by atoms with van der Waals surface area (Å²) in [5.41, 5.74) is 3.90. The van der Waals surface area contributed by atoms with E-state index in [4.69, 9.17) is 5.26 Å². The average molecular weight is 305 g/mol. The zero-order valence-electron chi connectivity index (χ0n) is 12.4. The van der Waals surface area contributed by atoms with Gasteiger partial charge in [-0.2, -0.15) is 5.26 Å². The number of rotatable bonds is 3. The number of nitriles is 1. The van der Waals surface area contributed by atoms with Crippen molar-refractivity contribution in [1.82, 2.24) is 0 Å². The number of aryl methyl sites for hydroxylation is 1. The Kier molecular flexibility index (Phi) is 4.07. The average Bonchev–Trinajstić information content (AvgIpc) is 2.55. The van der Waals surface area contributed by atoms with Gasteiger partial charge in [0.25, 0.3) is 0 Å². The lowest BCUT2D eigenvalue weighted by molar-refractivity contribution is -0.117. The molecule has 2 aromatic carbocycles. The van der Waals surface area contributed by atoms with Gasteiger partial charge in [0.2, 0.25) is 11.8 Å². The number of fused-ring (bicyclic) bond motifs is 1. The highest BCUT2D eigenvalue weighted by Crippen LogP contribution is 2.24. The summed E-state index contributed by atoms with van der Waals surface area (Å²) < 4.78 is 0. The molecule has 5 heteroatoms. The van der Waals surface area contributed by atoms with Gasteiger partial charge in [0, 0.05) is 17.8 Å². The molecule has 114 valence electrons. The second-order valence-corrected chi connectivity index (χ2v) is 5.46. The number of nitrogens with zero attached hydrogens (tertiary/aromatic N) is 1. The second-order valence-electron chi connectivity index (χ2n) is 5.46. The lowest BCUT2D eigenvalue weighted by atomic mass is 9.99. The van der Waals surface area contributed by atoms with Gasteiger partial charge in [-0.3, -0.25) is 9.59 Å². The summed E-state index contributed by atoms with van der Waals surface area (Å²) in [5.74, 6) is -0.111. The summed E-state index contributed by atoms with van der Waals surface area (Å²) in [6, 6.07) is 14.5. The van der Waals surface area contributed by atoms with Crippen LogP contribution in [0.5, 0.6) is 0 Å². The third kappa shape index (κ3) is 3.55. The maximum Gasteiger partial charge on any atom is 0.228 e. The molecular formula is C18H15N3O2. The molecule has 0 bridgehead atoms. The number of hydrogen-bond donors (Lipinski definition) is 2. The van der Waals surface area contributed by atoms with E-state index in [0.29, 0.717) is 24.1 Å². The van der Waals surface area contributed by atoms with Crippen LogP contribution < -0.4 is 10.6 Å². The Morgan fingerprint density at radius 2 is 2.09 bits per heavy atom. The molecule has 0 spiro atoms. The Balaban J connectivity index is 1.68. The third-order valence-corrected chi connectivity index (χ3v) is 3.71. The molecule has 0 aromatic heterocycles. The van der Waals surface area contributed by atoms with Crippen LogP contribution in [0.4, 0.5) is 11.4 Å². The Hall–Kier alpha value is -3.13. The van der Waals surface area contributed by atoms with Gasteiger partial charge >= 0.3 is 0 Å². The van der Waals surface area contributed by atoms with E-state index in [2.05, 4.69) is 10.6 Å². The van der Waals surface area contributed by atoms with Crippen LogP contribution in [0, 0.1) is 11.3 Å². The van der Waals surface area contributed by atoms with E-state index in [0.717, 1.165) is 16.8 Å². The molecule has 0 aliphatic carbocycles. The minimum Gasteiger partial charge on any atom is -0.326 e. The molecule has 2 aromatic rings. The van der Waals surface area contributed by atoms with Gasteiger partial charge < -0.3 is 10.6 Å². The Morgan fingerprint density at radius 1 is 1.22 bits per heavy atom. The van der Waals surface area contributed by atoms with E-state index in [9.17, 15) is 9.59 Å². The number of benzene rings is 2. The molecular weight excluding hydrogens is 290 g/mol. The molecule has 0 fully saturated rings. The van der Waals surface area contributed by atoms with Gasteiger partial charge in [-0.25, -0.2) is 0 Å². The fourth-order valence-electron chi connectivity index (χ4n) is 2.60. The van der Waals surface area contributed by atoms with Crippen LogP contribution in [-0.4, -0.2) is 11.8 Å². The highest BCUT2D eigenvalue weighted by molar-refractivity contribution is 5.95. The summed E-state index contributed by atoms with van der Waals surface area (Å²) >= 11 is 0. The monoisotopic (exact) mass is 305 g/mol. The zero-order chi connectivity index (χ0) is 16.2. The minimum atomic E-state index is -0.139. The molecule has 5 nitrogen and oxygen atoms in total. The summed E-state index contributed by atoms with van der Waals surface area (Å²) in [6.45, 7) is 0. The molecule has 0 saturated heterocycles. The maximum absolute atomic E-state index is 12.1. The summed E-state index contributed by atoms with van der Waals surface area (Å²) in [4.78, 5) is 23.5. The van der Waals surface area contributed by atoms with Crippen molar-refractivity contribution in [2.24, 2.45) is 0 Å². The second kappa shape index (κ2) is 6.32. The highest BCUT2D eigenvalue weighted by Gasteiger charge is 2.15. The first-order chi connectivity index (χ1) is 11.1. The van der Waals surface area contributed by atoms with Gasteiger partial charge in [-0.1, -0.05) is 18.2 Å². The lowest BCUT2D eigenvalue weighted by Crippen LogP contribution is -2.19. The third-order valence-electron chi connectivity index (χ3n) is 3.71. The highest BCUT2D eigenvalue weighted by atomic mass is 16.2. The molecule has 1 aliphatic rings. The predicted octanol–water partition coefficient (Wildman–Crippen LogP) is 2.62. The SMILES string of the molecule is N#Cc1cccc(NC(=O)Cc2ccc3c(c2)CCC(=O)N3)c1. The fraction of sp³-hybridized carbons (Fsp3) is 0.167. The van der Waals surface area contributed by atoms with Crippen molar-refractivity contribution in [3.63, 3.8) is 0 Å². The zero-order valence-corrected chi connectivity index (χ0v) is 12.4. The maximum atomic E-state index is 12.1. The van der Waals surface area contributed by atoms with Crippen molar-refractivity contribution in [3.05, 3.63) is 59.2 Å². The van der Waals surface area contributed by atoms with Crippen LogP contribution in [0.15, 0.2) is 42.5 Å². The molecule has 3 rings (SSSR count). The number of carbonyl (C=O) groups excluding carboxylic acids is 2. The van der Waals surface area contributed by atoms with E-state index < -0.39 is 0 Å². The van der Waals surface area contributed by atoms with E-state index in [1.807, 2.05) is 24.3 Å². The number of hydrogen-bond acceptors (Lipinski definition) is 3. The van der Waals surface area contributed by atoms with E-state index >= 15 is 0 Å². The number of nitrogens with one attached hydrogen (secondary N) is 2. The largest absolute Gasteiger partial charge is 0.326 e. The molecule has 0 radical (unpaired) electrons. The van der Waals surface area contributed by atoms with Gasteiger partial charge in [0.15, 0.2) is 0 Å². The molecule has 0 unspecified atom stereocenters. The van der Waals surface area contributed by atoms with Crippen molar-refractivity contribution < 1.29 is 9.59 Å². The van der Waals surface area contributed by atoms with E-state index in [1.165, 1.54) is 0 Å². The Bertz CT molecular complexity index is 821. The van der Waals surface area contributed by atoms with E-state index in [1.54, 1.807) is 24.3 Å². The van der Waals surface area contributed by atoms with Gasteiger partial charge in [0.05, 0.1) is 18.1 Å². The number of amides is 2. The van der Waals surface area contributed by atoms with Crippen molar-refractivity contribution in [2.45, 2.75) is 19.3 Å². The smallest absolute Gasteiger partial charge is 0.228 e. The minimum absolute atomic E-state index is 0.0281. The van der Waals surface area contributed by atoms with Crippen LogP contribution in [0.2, 0.25) is 0 Å². The van der Waals surface area contributed by atoms with Crippen LogP contribution >= 0.6 is 0 Å². The van der Waals surface area contributed by atoms with Crippen LogP contribution in [0.1, 0.15) is 23.1 Å². The van der Waals surface area contributed by atoms with Crippen molar-refractivity contribution in [2.75, 3.05) is 10.6 Å². The lowest BCUT2D eigenvalue weighted by Gasteiger charge is -2.17. The van der Waals surface area contributed by atoms with Gasteiger partial charge in [-0.05, 0) is 41.8 Å². The normalized spacial score (nSPS) is 12.7. The quantitative estimate of drug-likeness (QED) is 0.914. The fourth-order valence-corrected chi connectivity index (χ4v) is 2.60. The molecule has 2 N–H and O–H groups in total. The van der Waals surface area contributed by atoms with Crippen molar-refractivity contribution in [3.8, 4) is 6.07 Å². The summed E-state index contributed by atoms with van der Waals surface area (Å²) in [5, 5.41) is 14.5. The first-order valence-electron chi connectivity index (χ1n) is 7.36. The topological polar surface area (TPSA) is 82.0 Å². The standard InChI is InChI=1S/C18H15N3O2/c19-11-13-2-1-3-15(9-13)20-18(23)10-12-4-6-16-14(8-12)5-7-17(22)21-16/h1-4,6,8-9H,5,7,10H2,(H,20,23)(H,21,22). The van der Waals surface area contributed by atoms with Gasteiger partial charge in [-0.15, -0.1) is 0 Å². The van der Waals surface area contributed by atoms with Gasteiger partial charge in [0.1, 0.15) is 0 Å². The molecule has 0 saturated carbocycles. The van der Waals surface area contributed by atoms with Crippen LogP contribution in [0.25, 0.3) is 0 Å². The molecule has 0 atom stereocenters. The molecule has 1 aliphatic heterocycles. The Labute approximate surface area is 133 Å². The van der Waals surface area contributed by atoms with Crippen LogP contribution in [-0.2, 0) is 22.4 Å². The first kappa shape index (κ1) is 14.8. The van der Waals surface area contributed by atoms with Crippen LogP contribution in [0.3, 0.4) is 0 Å². The summed E-state index contributed by atoms with van der Waals surface area (Å²) in [6.07, 6.45) is 1.42. The molecule has 23 heavy (non-hydrogen) atoms.